The van der Waals surface area contributed by atoms with Gasteiger partial charge in [-0.25, -0.2) is 4.79 Å². The SMILES string of the molecule is C[S@](=O)c1ccccc1C(=O)OCC(=O)Nc1cc(Cl)ccc1C#N. The number of nitriles is 1. The fourth-order valence-corrected chi connectivity index (χ4v) is 2.90. The second-order valence-corrected chi connectivity index (χ2v) is 6.66. The number of nitrogens with one attached hydrogen (secondary N) is 1. The normalized spacial score (nSPS) is 11.2. The largest absolute Gasteiger partial charge is 0.452 e. The van der Waals surface area contributed by atoms with E-state index in [4.69, 9.17) is 21.6 Å². The topological polar surface area (TPSA) is 96.3 Å². The van der Waals surface area contributed by atoms with E-state index in [0.717, 1.165) is 0 Å². The van der Waals surface area contributed by atoms with E-state index >= 15 is 0 Å². The molecule has 0 saturated heterocycles. The van der Waals surface area contributed by atoms with Crippen LogP contribution >= 0.6 is 11.6 Å². The molecule has 1 amide bonds. The van der Waals surface area contributed by atoms with E-state index in [1.54, 1.807) is 18.2 Å². The fraction of sp³-hybridized carbons (Fsp3) is 0.118. The zero-order chi connectivity index (χ0) is 18.4. The van der Waals surface area contributed by atoms with Gasteiger partial charge in [0, 0.05) is 11.3 Å². The maximum Gasteiger partial charge on any atom is 0.339 e. The molecule has 8 heteroatoms. The van der Waals surface area contributed by atoms with Crippen LogP contribution in [0.4, 0.5) is 5.69 Å². The Hall–Kier alpha value is -2.69. The van der Waals surface area contributed by atoms with Gasteiger partial charge < -0.3 is 10.1 Å². The number of ether oxygens (including phenoxy) is 1. The maximum atomic E-state index is 12.1. The minimum Gasteiger partial charge on any atom is -0.452 e. The summed E-state index contributed by atoms with van der Waals surface area (Å²) >= 11 is 5.84. The van der Waals surface area contributed by atoms with E-state index < -0.39 is 29.3 Å². The van der Waals surface area contributed by atoms with Crippen molar-refractivity contribution in [2.45, 2.75) is 4.90 Å². The van der Waals surface area contributed by atoms with Crippen LogP contribution in [0, 0.1) is 11.3 Å². The van der Waals surface area contributed by atoms with E-state index in [1.165, 1.54) is 30.5 Å². The molecule has 2 aromatic rings. The lowest BCUT2D eigenvalue weighted by Gasteiger charge is -2.09. The number of nitrogens with zero attached hydrogens (tertiary/aromatic N) is 1. The van der Waals surface area contributed by atoms with Crippen molar-refractivity contribution in [1.82, 2.24) is 0 Å². The minimum absolute atomic E-state index is 0.136. The van der Waals surface area contributed by atoms with E-state index in [0.29, 0.717) is 9.92 Å². The molecule has 0 unspecified atom stereocenters. The average Bonchev–Trinajstić information content (AvgIpc) is 2.60. The Labute approximate surface area is 151 Å². The van der Waals surface area contributed by atoms with Crippen LogP contribution in [0.1, 0.15) is 15.9 Å². The monoisotopic (exact) mass is 376 g/mol. The van der Waals surface area contributed by atoms with Crippen molar-refractivity contribution in [2.24, 2.45) is 0 Å². The molecule has 6 nitrogen and oxygen atoms in total. The average molecular weight is 377 g/mol. The lowest BCUT2D eigenvalue weighted by Crippen LogP contribution is -2.22. The molecule has 0 aliphatic carbocycles. The summed E-state index contributed by atoms with van der Waals surface area (Å²) in [5, 5.41) is 11.8. The zero-order valence-electron chi connectivity index (χ0n) is 13.1. The first-order chi connectivity index (χ1) is 11.9. The Balaban J connectivity index is 2.04. The molecule has 1 N–H and O–H groups in total. The summed E-state index contributed by atoms with van der Waals surface area (Å²) in [7, 11) is -1.37. The third kappa shape index (κ3) is 4.89. The Kier molecular flexibility index (Phi) is 6.28. The van der Waals surface area contributed by atoms with Crippen molar-refractivity contribution in [1.29, 1.82) is 5.26 Å². The molecule has 128 valence electrons. The second kappa shape index (κ2) is 8.42. The van der Waals surface area contributed by atoms with Gasteiger partial charge in [-0.1, -0.05) is 23.7 Å². The van der Waals surface area contributed by atoms with Gasteiger partial charge in [-0.15, -0.1) is 0 Å². The lowest BCUT2D eigenvalue weighted by atomic mass is 10.2. The van der Waals surface area contributed by atoms with E-state index in [1.807, 2.05) is 6.07 Å². The number of carbonyl (C=O) groups excluding carboxylic acids is 2. The van der Waals surface area contributed by atoms with Gasteiger partial charge in [0.15, 0.2) is 6.61 Å². The number of amides is 1. The number of esters is 1. The number of benzene rings is 2. The molecule has 0 aliphatic heterocycles. The molecule has 1 atom stereocenters. The quantitative estimate of drug-likeness (QED) is 0.809. The number of halogens is 1. The molecule has 2 rings (SSSR count). The van der Waals surface area contributed by atoms with Crippen molar-refractivity contribution in [3.63, 3.8) is 0 Å². The molecule has 25 heavy (non-hydrogen) atoms. The van der Waals surface area contributed by atoms with Gasteiger partial charge in [-0.05, 0) is 30.3 Å². The maximum absolute atomic E-state index is 12.1. The molecule has 2 aromatic carbocycles. The molecule has 0 aliphatic rings. The van der Waals surface area contributed by atoms with E-state index in [-0.39, 0.29) is 16.8 Å². The third-order valence-electron chi connectivity index (χ3n) is 3.13. The fourth-order valence-electron chi connectivity index (χ4n) is 2.00. The van der Waals surface area contributed by atoms with Gasteiger partial charge >= 0.3 is 5.97 Å². The summed E-state index contributed by atoms with van der Waals surface area (Å²) in [5.74, 6) is -1.38. The van der Waals surface area contributed by atoms with Crippen LogP contribution in [-0.2, 0) is 20.3 Å². The second-order valence-electron chi connectivity index (χ2n) is 4.88. The molecule has 0 aromatic heterocycles. The standard InChI is InChI=1S/C17H13ClN2O4S/c1-25(23)15-5-3-2-4-13(15)17(22)24-10-16(21)20-14-8-12(18)7-6-11(14)9-19/h2-8H,10H2,1H3,(H,20,21)/t25-/m0/s1. The Morgan fingerprint density at radius 2 is 2.00 bits per heavy atom. The molecule has 0 bridgehead atoms. The minimum atomic E-state index is -1.37. The highest BCUT2D eigenvalue weighted by atomic mass is 35.5. The highest BCUT2D eigenvalue weighted by Gasteiger charge is 2.16. The first-order valence-corrected chi connectivity index (χ1v) is 8.95. The first-order valence-electron chi connectivity index (χ1n) is 7.01. The van der Waals surface area contributed by atoms with Crippen molar-refractivity contribution in [3.8, 4) is 6.07 Å². The Morgan fingerprint density at radius 3 is 2.68 bits per heavy atom. The number of hydrogen-bond donors (Lipinski definition) is 1. The lowest BCUT2D eigenvalue weighted by molar-refractivity contribution is -0.119. The molecule has 0 saturated carbocycles. The van der Waals surface area contributed by atoms with Gasteiger partial charge in [0.1, 0.15) is 6.07 Å². The van der Waals surface area contributed by atoms with Crippen LogP contribution in [0.3, 0.4) is 0 Å². The number of carbonyl (C=O) groups is 2. The molecule has 0 heterocycles. The number of anilines is 1. The van der Waals surface area contributed by atoms with E-state index in [2.05, 4.69) is 5.32 Å². The molecular weight excluding hydrogens is 364 g/mol. The van der Waals surface area contributed by atoms with E-state index in [9.17, 15) is 13.8 Å². The van der Waals surface area contributed by atoms with Gasteiger partial charge in [0.25, 0.3) is 5.91 Å². The summed E-state index contributed by atoms with van der Waals surface area (Å²) in [6, 6.07) is 12.6. The van der Waals surface area contributed by atoms with Gasteiger partial charge in [0.2, 0.25) is 0 Å². The third-order valence-corrected chi connectivity index (χ3v) is 4.34. The summed E-state index contributed by atoms with van der Waals surface area (Å²) in [4.78, 5) is 24.4. The van der Waals surface area contributed by atoms with Crippen molar-refractivity contribution in [2.75, 3.05) is 18.2 Å². The van der Waals surface area contributed by atoms with Gasteiger partial charge in [0.05, 0.1) is 32.5 Å². The van der Waals surface area contributed by atoms with Gasteiger partial charge in [-0.2, -0.15) is 5.26 Å². The molecule has 0 fully saturated rings. The van der Waals surface area contributed by atoms with Crippen molar-refractivity contribution in [3.05, 3.63) is 58.6 Å². The smallest absolute Gasteiger partial charge is 0.339 e. The summed E-state index contributed by atoms with van der Waals surface area (Å²) in [5.41, 5.74) is 0.596. The van der Waals surface area contributed by atoms with Crippen molar-refractivity contribution < 1.29 is 18.5 Å². The predicted octanol–water partition coefficient (Wildman–Crippen LogP) is 2.74. The van der Waals surface area contributed by atoms with Gasteiger partial charge in [-0.3, -0.25) is 9.00 Å². The van der Waals surface area contributed by atoms with Crippen LogP contribution in [0.15, 0.2) is 47.4 Å². The first kappa shape index (κ1) is 18.6. The zero-order valence-corrected chi connectivity index (χ0v) is 14.7. The highest BCUT2D eigenvalue weighted by molar-refractivity contribution is 7.84. The summed E-state index contributed by atoms with van der Waals surface area (Å²) < 4.78 is 16.6. The summed E-state index contributed by atoms with van der Waals surface area (Å²) in [6.45, 7) is -0.555. The number of hydrogen-bond acceptors (Lipinski definition) is 5. The van der Waals surface area contributed by atoms with Crippen LogP contribution in [0.5, 0.6) is 0 Å². The summed E-state index contributed by atoms with van der Waals surface area (Å²) in [6.07, 6.45) is 1.45. The molecular formula is C17H13ClN2O4S. The highest BCUT2D eigenvalue weighted by Crippen LogP contribution is 2.20. The number of rotatable bonds is 5. The van der Waals surface area contributed by atoms with Crippen molar-refractivity contribution >= 4 is 40.0 Å². The van der Waals surface area contributed by atoms with Crippen LogP contribution in [0.25, 0.3) is 0 Å². The molecule has 0 radical (unpaired) electrons. The van der Waals surface area contributed by atoms with Crippen LogP contribution in [-0.4, -0.2) is 28.9 Å². The molecule has 0 spiro atoms. The Bertz CT molecular complexity index is 892. The van der Waals surface area contributed by atoms with Crippen LogP contribution in [0.2, 0.25) is 5.02 Å². The predicted molar refractivity (Wildman–Crippen MR) is 93.9 cm³/mol. The Morgan fingerprint density at radius 1 is 1.28 bits per heavy atom. The van der Waals surface area contributed by atoms with Crippen LogP contribution < -0.4 is 5.32 Å².